The molecule has 0 heterocycles. The van der Waals surface area contributed by atoms with Crippen molar-refractivity contribution in [2.75, 3.05) is 0 Å². The molecular weight excluding hydrogens is 272 g/mol. The maximum absolute atomic E-state index is 9.29. The van der Waals surface area contributed by atoms with E-state index in [0.29, 0.717) is 0 Å². The molecule has 2 N–H and O–H groups in total. The Morgan fingerprint density at radius 1 is 0.900 bits per heavy atom. The zero-order valence-electron chi connectivity index (χ0n) is 11.3. The maximum atomic E-state index is 9.29. The molecule has 0 rings (SSSR count). The van der Waals surface area contributed by atoms with Crippen LogP contribution in [-0.2, 0) is 9.78 Å². The minimum absolute atomic E-state index is 0.839. The molecule has 10 heteroatoms. The van der Waals surface area contributed by atoms with E-state index in [9.17, 15) is 9.59 Å². The van der Waals surface area contributed by atoms with Gasteiger partial charge in [-0.25, -0.2) is 19.4 Å². The van der Waals surface area contributed by atoms with Crippen molar-refractivity contribution in [3.8, 4) is 12.1 Å². The molecule has 0 amide bonds. The fourth-order valence-electron chi connectivity index (χ4n) is 0.366. The van der Waals surface area contributed by atoms with E-state index in [4.69, 9.17) is 20.7 Å². The van der Waals surface area contributed by atoms with Crippen LogP contribution in [-0.4, -0.2) is 33.6 Å². The average molecular weight is 286 g/mol. The minimum Gasteiger partial charge on any atom is -0.447 e. The van der Waals surface area contributed by atoms with Crippen LogP contribution in [0, 0.1) is 22.7 Å². The molecule has 110 valence electrons. The summed E-state index contributed by atoms with van der Waals surface area (Å²) in [6.45, 7) is 6.57. The predicted octanol–water partition coefficient (Wildman–Crippen LogP) is 2.33. The normalized spacial score (nSPS) is 10.5. The van der Waals surface area contributed by atoms with E-state index in [1.165, 1.54) is 0 Å². The highest BCUT2D eigenvalue weighted by atomic mass is 17.2. The standard InChI is InChI=1S/C8H12N4.C2H2O6/c1-7(2,5-9)11-12-8(3,4)6-10;3-1(4)7-8-2(5)6/h1-4H3;(H,3,4)(H,5,6). The molecule has 0 bridgehead atoms. The Kier molecular flexibility index (Phi) is 8.04. The monoisotopic (exact) mass is 286 g/mol. The first-order valence-electron chi connectivity index (χ1n) is 5.02. The number of azo groups is 1. The second kappa shape index (κ2) is 8.26. The van der Waals surface area contributed by atoms with E-state index in [1.54, 1.807) is 27.7 Å². The number of nitriles is 2. The Balaban J connectivity index is 0. The smallest absolute Gasteiger partial charge is 0.447 e. The highest BCUT2D eigenvalue weighted by molar-refractivity contribution is 5.60. The molecule has 20 heavy (non-hydrogen) atoms. The Hall–Kier alpha value is -2.88. The van der Waals surface area contributed by atoms with E-state index in [0.717, 1.165) is 0 Å². The lowest BCUT2D eigenvalue weighted by molar-refractivity contribution is -0.208. The van der Waals surface area contributed by atoms with Crippen LogP contribution >= 0.6 is 0 Å². The Labute approximate surface area is 114 Å². The average Bonchev–Trinajstić information content (AvgIpc) is 2.35. The van der Waals surface area contributed by atoms with Gasteiger partial charge < -0.3 is 10.2 Å². The summed E-state index contributed by atoms with van der Waals surface area (Å²) in [6, 6.07) is 3.94. The molecule has 0 fully saturated rings. The van der Waals surface area contributed by atoms with Crippen LogP contribution in [0.25, 0.3) is 0 Å². The second-order valence-corrected chi connectivity index (χ2v) is 4.24. The molecule has 0 aromatic heterocycles. The van der Waals surface area contributed by atoms with Gasteiger partial charge in [-0.05, 0) is 27.7 Å². The lowest BCUT2D eigenvalue weighted by Gasteiger charge is -2.11. The lowest BCUT2D eigenvalue weighted by atomic mass is 10.1. The summed E-state index contributed by atoms with van der Waals surface area (Å²) in [5, 5.41) is 39.8. The van der Waals surface area contributed by atoms with Gasteiger partial charge in [-0.3, -0.25) is 0 Å². The summed E-state index contributed by atoms with van der Waals surface area (Å²) >= 11 is 0. The molecule has 10 nitrogen and oxygen atoms in total. The molecule has 0 aliphatic heterocycles. The highest BCUT2D eigenvalue weighted by Crippen LogP contribution is 2.13. The number of nitrogens with zero attached hydrogens (tertiary/aromatic N) is 4. The molecule has 0 atom stereocenters. The summed E-state index contributed by atoms with van der Waals surface area (Å²) in [5.74, 6) is 0. The van der Waals surface area contributed by atoms with Crippen molar-refractivity contribution in [3.63, 3.8) is 0 Å². The SMILES string of the molecule is CC(C)(C#N)N=NC(C)(C)C#N.O=C(O)OOC(=O)O. The van der Waals surface area contributed by atoms with Crippen LogP contribution in [0.2, 0.25) is 0 Å². The molecule has 0 aromatic carbocycles. The number of rotatable bonds is 2. The summed E-state index contributed by atoms with van der Waals surface area (Å²) in [7, 11) is 0. The molecule has 0 aliphatic rings. The third-order valence-electron chi connectivity index (χ3n) is 1.28. The highest BCUT2D eigenvalue weighted by Gasteiger charge is 2.19. The van der Waals surface area contributed by atoms with E-state index < -0.39 is 23.4 Å². The second-order valence-electron chi connectivity index (χ2n) is 4.24. The van der Waals surface area contributed by atoms with Crippen molar-refractivity contribution in [1.82, 2.24) is 0 Å². The molecule has 0 saturated heterocycles. The van der Waals surface area contributed by atoms with Gasteiger partial charge in [0, 0.05) is 0 Å². The van der Waals surface area contributed by atoms with Crippen molar-refractivity contribution >= 4 is 12.3 Å². The van der Waals surface area contributed by atoms with Gasteiger partial charge in [-0.2, -0.15) is 20.8 Å². The minimum atomic E-state index is -1.80. The third-order valence-corrected chi connectivity index (χ3v) is 1.28. The van der Waals surface area contributed by atoms with Crippen molar-refractivity contribution in [2.45, 2.75) is 38.8 Å². The predicted molar refractivity (Wildman–Crippen MR) is 62.5 cm³/mol. The maximum Gasteiger partial charge on any atom is 0.547 e. The Morgan fingerprint density at radius 3 is 1.30 bits per heavy atom. The first-order chi connectivity index (χ1) is 8.95. The molecule has 0 unspecified atom stereocenters. The molecule has 0 aliphatic carbocycles. The van der Waals surface area contributed by atoms with Gasteiger partial charge in [-0.1, -0.05) is 0 Å². The van der Waals surface area contributed by atoms with E-state index in [1.807, 2.05) is 12.1 Å². The zero-order chi connectivity index (χ0) is 16.4. The Bertz CT molecular complexity index is 415. The van der Waals surface area contributed by atoms with Gasteiger partial charge in [-0.15, -0.1) is 0 Å². The fraction of sp³-hybridized carbons (Fsp3) is 0.600. The van der Waals surface area contributed by atoms with Crippen molar-refractivity contribution in [3.05, 3.63) is 0 Å². The van der Waals surface area contributed by atoms with Crippen LogP contribution in [0.5, 0.6) is 0 Å². The molecule has 0 spiro atoms. The van der Waals surface area contributed by atoms with Crippen molar-refractivity contribution in [2.24, 2.45) is 10.2 Å². The summed E-state index contributed by atoms with van der Waals surface area (Å²) in [4.78, 5) is 24.8. The number of hydrogen-bond acceptors (Lipinski definition) is 8. The van der Waals surface area contributed by atoms with Gasteiger partial charge in [0.05, 0.1) is 12.1 Å². The van der Waals surface area contributed by atoms with Gasteiger partial charge in [0.15, 0.2) is 11.1 Å². The van der Waals surface area contributed by atoms with Crippen LogP contribution in [0.4, 0.5) is 9.59 Å². The number of carbonyl (C=O) groups is 2. The first kappa shape index (κ1) is 19.5. The van der Waals surface area contributed by atoms with Crippen LogP contribution in [0.1, 0.15) is 27.7 Å². The summed E-state index contributed by atoms with van der Waals surface area (Å²) in [5.41, 5.74) is -1.68. The zero-order valence-corrected chi connectivity index (χ0v) is 11.3. The lowest BCUT2D eigenvalue weighted by Crippen LogP contribution is -2.17. The van der Waals surface area contributed by atoms with Gasteiger partial charge in [0.25, 0.3) is 0 Å². The summed E-state index contributed by atoms with van der Waals surface area (Å²) < 4.78 is 0. The third kappa shape index (κ3) is 13.2. The molecule has 0 saturated carbocycles. The molecular formula is C10H14N4O6. The van der Waals surface area contributed by atoms with E-state index in [-0.39, 0.29) is 0 Å². The van der Waals surface area contributed by atoms with E-state index >= 15 is 0 Å². The first-order valence-corrected chi connectivity index (χ1v) is 5.02. The molecule has 0 aromatic rings. The largest absolute Gasteiger partial charge is 0.547 e. The number of carboxylic acid groups (broad SMARTS) is 2. The fourth-order valence-corrected chi connectivity index (χ4v) is 0.366. The van der Waals surface area contributed by atoms with Crippen LogP contribution < -0.4 is 0 Å². The quantitative estimate of drug-likeness (QED) is 0.443. The van der Waals surface area contributed by atoms with Crippen LogP contribution in [0.3, 0.4) is 0 Å². The van der Waals surface area contributed by atoms with Crippen LogP contribution in [0.15, 0.2) is 10.2 Å². The van der Waals surface area contributed by atoms with Crippen molar-refractivity contribution < 1.29 is 29.6 Å². The van der Waals surface area contributed by atoms with Crippen molar-refractivity contribution in [1.29, 1.82) is 10.5 Å². The van der Waals surface area contributed by atoms with Gasteiger partial charge in [0.1, 0.15) is 0 Å². The summed E-state index contributed by atoms with van der Waals surface area (Å²) in [6.07, 6.45) is -3.60. The van der Waals surface area contributed by atoms with Gasteiger partial charge in [0.2, 0.25) is 0 Å². The Morgan fingerprint density at radius 2 is 1.15 bits per heavy atom. The number of hydrogen-bond donors (Lipinski definition) is 2. The van der Waals surface area contributed by atoms with Gasteiger partial charge >= 0.3 is 12.3 Å². The van der Waals surface area contributed by atoms with E-state index in [2.05, 4.69) is 20.0 Å². The molecule has 0 radical (unpaired) electrons. The topological polar surface area (TPSA) is 165 Å².